The molecule has 1 N–H and O–H groups in total. The Balaban J connectivity index is 1.66. The van der Waals surface area contributed by atoms with E-state index in [1.807, 2.05) is 30.5 Å². The highest BCUT2D eigenvalue weighted by molar-refractivity contribution is 5.96. The molecule has 0 bridgehead atoms. The Morgan fingerprint density at radius 1 is 0.769 bits per heavy atom. The number of nitrogens with zero attached hydrogens (tertiary/aromatic N) is 2. The van der Waals surface area contributed by atoms with Gasteiger partial charge in [-0.05, 0) is 42.8 Å². The van der Waals surface area contributed by atoms with Gasteiger partial charge < -0.3 is 4.98 Å². The van der Waals surface area contributed by atoms with Crippen LogP contribution in [0.25, 0.3) is 44.5 Å². The van der Waals surface area contributed by atoms with Gasteiger partial charge >= 0.3 is 0 Å². The number of rotatable bonds is 2. The minimum Gasteiger partial charge on any atom is -0.360 e. The number of aromatic nitrogens is 3. The van der Waals surface area contributed by atoms with E-state index in [2.05, 4.69) is 60.4 Å². The molecule has 0 atom stereocenters. The van der Waals surface area contributed by atoms with Crippen molar-refractivity contribution in [1.29, 1.82) is 0 Å². The molecule has 0 radical (unpaired) electrons. The molecule has 0 aliphatic carbocycles. The van der Waals surface area contributed by atoms with Gasteiger partial charge in [-0.2, -0.15) is 0 Å². The molecule has 3 heteroatoms. The number of benzene rings is 2. The lowest BCUT2D eigenvalue weighted by Crippen LogP contribution is -1.90. The Hall–Kier alpha value is -3.46. The van der Waals surface area contributed by atoms with Crippen molar-refractivity contribution in [2.75, 3.05) is 0 Å². The average molecular weight is 335 g/mol. The molecule has 3 nitrogen and oxygen atoms in total. The molecule has 0 aliphatic rings. The monoisotopic (exact) mass is 335 g/mol. The summed E-state index contributed by atoms with van der Waals surface area (Å²) < 4.78 is 0. The van der Waals surface area contributed by atoms with Crippen LogP contribution in [0.15, 0.2) is 79.0 Å². The highest BCUT2D eigenvalue weighted by atomic mass is 14.9. The zero-order valence-electron chi connectivity index (χ0n) is 14.4. The van der Waals surface area contributed by atoms with Gasteiger partial charge in [-0.3, -0.25) is 0 Å². The number of aryl methyl sites for hydroxylation is 1. The molecule has 0 fully saturated rings. The fourth-order valence-electron chi connectivity index (χ4n) is 3.37. The summed E-state index contributed by atoms with van der Waals surface area (Å²) in [4.78, 5) is 13.0. The minimum atomic E-state index is 0.769. The summed E-state index contributed by atoms with van der Waals surface area (Å²) in [7, 11) is 0. The zero-order valence-corrected chi connectivity index (χ0v) is 14.4. The standard InChI is InChI=1S/C23H17N3/c1-15-7-10-18-19(14-24-22(18)13-15)21-12-9-17-8-11-20(25-23(17)26-21)16-5-3-2-4-6-16/h2-14,24H,1H3. The van der Waals surface area contributed by atoms with Gasteiger partial charge in [0.15, 0.2) is 5.65 Å². The van der Waals surface area contributed by atoms with Gasteiger partial charge in [-0.25, -0.2) is 9.97 Å². The van der Waals surface area contributed by atoms with Gasteiger partial charge in [0.25, 0.3) is 0 Å². The van der Waals surface area contributed by atoms with Crippen LogP contribution in [-0.2, 0) is 0 Å². The Morgan fingerprint density at radius 2 is 1.54 bits per heavy atom. The van der Waals surface area contributed by atoms with Gasteiger partial charge in [0.1, 0.15) is 0 Å². The maximum Gasteiger partial charge on any atom is 0.160 e. The molecule has 124 valence electrons. The van der Waals surface area contributed by atoms with Crippen molar-refractivity contribution in [2.45, 2.75) is 6.92 Å². The van der Waals surface area contributed by atoms with Crippen LogP contribution >= 0.6 is 0 Å². The Kier molecular flexibility index (Phi) is 3.32. The van der Waals surface area contributed by atoms with Crippen molar-refractivity contribution in [3.05, 3.63) is 84.6 Å². The fourth-order valence-corrected chi connectivity index (χ4v) is 3.37. The van der Waals surface area contributed by atoms with Crippen LogP contribution in [0.4, 0.5) is 0 Å². The van der Waals surface area contributed by atoms with Gasteiger partial charge in [0, 0.05) is 33.6 Å². The molecule has 5 aromatic rings. The van der Waals surface area contributed by atoms with Crippen molar-refractivity contribution in [3.8, 4) is 22.5 Å². The number of H-pyrrole nitrogens is 1. The Morgan fingerprint density at radius 3 is 2.38 bits per heavy atom. The molecule has 26 heavy (non-hydrogen) atoms. The molecule has 0 unspecified atom stereocenters. The summed E-state index contributed by atoms with van der Waals surface area (Å²) in [5.74, 6) is 0. The van der Waals surface area contributed by atoms with Crippen molar-refractivity contribution in [2.24, 2.45) is 0 Å². The minimum absolute atomic E-state index is 0.769. The Bertz CT molecular complexity index is 1240. The zero-order chi connectivity index (χ0) is 17.5. The Labute approximate surface area is 151 Å². The summed E-state index contributed by atoms with van der Waals surface area (Å²) >= 11 is 0. The van der Waals surface area contributed by atoms with E-state index in [4.69, 9.17) is 9.97 Å². The van der Waals surface area contributed by atoms with Gasteiger partial charge in [0.2, 0.25) is 0 Å². The first-order chi connectivity index (χ1) is 12.8. The summed E-state index contributed by atoms with van der Waals surface area (Å²) in [5, 5.41) is 2.23. The molecule has 0 saturated carbocycles. The molecule has 0 amide bonds. The molecular weight excluding hydrogens is 318 g/mol. The predicted molar refractivity (Wildman–Crippen MR) is 107 cm³/mol. The molecule has 3 heterocycles. The van der Waals surface area contributed by atoms with E-state index in [-0.39, 0.29) is 0 Å². The number of fused-ring (bicyclic) bond motifs is 2. The first-order valence-electron chi connectivity index (χ1n) is 8.69. The average Bonchev–Trinajstić information content (AvgIpc) is 3.11. The van der Waals surface area contributed by atoms with Crippen molar-refractivity contribution in [1.82, 2.24) is 15.0 Å². The van der Waals surface area contributed by atoms with Crippen LogP contribution in [0.1, 0.15) is 5.56 Å². The van der Waals surface area contributed by atoms with E-state index < -0.39 is 0 Å². The topological polar surface area (TPSA) is 41.6 Å². The van der Waals surface area contributed by atoms with Gasteiger partial charge in [-0.1, -0.05) is 42.5 Å². The molecule has 5 rings (SSSR count). The lowest BCUT2D eigenvalue weighted by Gasteiger charge is -2.05. The second-order valence-corrected chi connectivity index (χ2v) is 6.56. The second-order valence-electron chi connectivity index (χ2n) is 6.56. The quantitative estimate of drug-likeness (QED) is 0.446. The van der Waals surface area contributed by atoms with Gasteiger partial charge in [0.05, 0.1) is 11.4 Å². The summed E-state index contributed by atoms with van der Waals surface area (Å²) in [6.07, 6.45) is 2.03. The lowest BCUT2D eigenvalue weighted by molar-refractivity contribution is 1.29. The van der Waals surface area contributed by atoms with Crippen LogP contribution in [-0.4, -0.2) is 15.0 Å². The number of hydrogen-bond donors (Lipinski definition) is 1. The molecule has 0 saturated heterocycles. The summed E-state index contributed by atoms with van der Waals surface area (Å²) in [5.41, 5.74) is 7.23. The maximum absolute atomic E-state index is 4.85. The number of aromatic amines is 1. The summed E-state index contributed by atoms with van der Waals surface area (Å²) in [6, 6.07) is 24.9. The van der Waals surface area contributed by atoms with Crippen molar-refractivity contribution >= 4 is 21.9 Å². The summed E-state index contributed by atoms with van der Waals surface area (Å²) in [6.45, 7) is 2.10. The molecule has 0 spiro atoms. The van der Waals surface area contributed by atoms with Crippen LogP contribution < -0.4 is 0 Å². The lowest BCUT2D eigenvalue weighted by atomic mass is 10.1. The molecule has 2 aromatic carbocycles. The largest absolute Gasteiger partial charge is 0.360 e. The van der Waals surface area contributed by atoms with Crippen molar-refractivity contribution < 1.29 is 0 Å². The normalized spacial score (nSPS) is 11.3. The van der Waals surface area contributed by atoms with E-state index in [0.29, 0.717) is 0 Å². The molecule has 0 aliphatic heterocycles. The van der Waals surface area contributed by atoms with E-state index in [1.54, 1.807) is 0 Å². The van der Waals surface area contributed by atoms with Gasteiger partial charge in [-0.15, -0.1) is 0 Å². The van der Waals surface area contributed by atoms with Crippen LogP contribution in [0, 0.1) is 6.92 Å². The highest BCUT2D eigenvalue weighted by Crippen LogP contribution is 2.29. The number of pyridine rings is 2. The maximum atomic E-state index is 4.85. The first kappa shape index (κ1) is 14.8. The third kappa shape index (κ3) is 2.45. The predicted octanol–water partition coefficient (Wildman–Crippen LogP) is 5.75. The second kappa shape index (κ2) is 5.81. The van der Waals surface area contributed by atoms with E-state index >= 15 is 0 Å². The first-order valence-corrected chi connectivity index (χ1v) is 8.69. The number of nitrogens with one attached hydrogen (secondary N) is 1. The molecular formula is C23H17N3. The highest BCUT2D eigenvalue weighted by Gasteiger charge is 2.09. The number of hydrogen-bond acceptors (Lipinski definition) is 2. The smallest absolute Gasteiger partial charge is 0.160 e. The van der Waals surface area contributed by atoms with Crippen LogP contribution in [0.5, 0.6) is 0 Å². The van der Waals surface area contributed by atoms with Crippen LogP contribution in [0.3, 0.4) is 0 Å². The third-order valence-electron chi connectivity index (χ3n) is 4.74. The van der Waals surface area contributed by atoms with Crippen LogP contribution in [0.2, 0.25) is 0 Å². The van der Waals surface area contributed by atoms with Crippen molar-refractivity contribution in [3.63, 3.8) is 0 Å². The molecule has 3 aromatic heterocycles. The third-order valence-corrected chi connectivity index (χ3v) is 4.74. The van der Waals surface area contributed by atoms with E-state index in [1.165, 1.54) is 10.9 Å². The van der Waals surface area contributed by atoms with E-state index in [9.17, 15) is 0 Å². The fraction of sp³-hybridized carbons (Fsp3) is 0.0435. The van der Waals surface area contributed by atoms with E-state index in [0.717, 1.165) is 39.1 Å². The SMILES string of the molecule is Cc1ccc2c(-c3ccc4ccc(-c5ccccc5)nc4n3)c[nH]c2c1.